The van der Waals surface area contributed by atoms with Crippen molar-refractivity contribution in [2.24, 2.45) is 5.92 Å². The largest absolute Gasteiger partial charge is 0.508 e. The van der Waals surface area contributed by atoms with E-state index in [1.165, 1.54) is 0 Å². The number of hydrogen-bond donors (Lipinski definition) is 2. The molecule has 4 heteroatoms. The van der Waals surface area contributed by atoms with Gasteiger partial charge in [0.05, 0.1) is 12.5 Å². The molecule has 0 radical (unpaired) electrons. The molecule has 0 aromatic heterocycles. The summed E-state index contributed by atoms with van der Waals surface area (Å²) in [5.74, 6) is -0.153. The lowest BCUT2D eigenvalue weighted by molar-refractivity contribution is -0.147. The molecular weight excluding hydrogens is 218 g/mol. The molecule has 4 nitrogen and oxygen atoms in total. The van der Waals surface area contributed by atoms with Gasteiger partial charge in [0.1, 0.15) is 5.75 Å². The first kappa shape index (κ1) is 11.9. The number of ether oxygens (including phenoxy) is 1. The Morgan fingerprint density at radius 3 is 2.94 bits per heavy atom. The first-order valence-corrected chi connectivity index (χ1v) is 5.89. The summed E-state index contributed by atoms with van der Waals surface area (Å²) in [5.41, 5.74) is 0.815. The highest BCUT2D eigenvalue weighted by Crippen LogP contribution is 2.34. The van der Waals surface area contributed by atoms with Crippen LogP contribution < -0.4 is 5.32 Å². The number of nitrogens with one attached hydrogen (secondary N) is 1. The van der Waals surface area contributed by atoms with Crippen LogP contribution in [-0.4, -0.2) is 30.8 Å². The van der Waals surface area contributed by atoms with Crippen LogP contribution >= 0.6 is 0 Å². The minimum atomic E-state index is -0.205. The third kappa shape index (κ3) is 2.42. The van der Waals surface area contributed by atoms with Gasteiger partial charge in [0, 0.05) is 19.0 Å². The number of carbonyl (C=O) groups excluding carboxylic acids is 1. The molecule has 2 N–H and O–H groups in total. The van der Waals surface area contributed by atoms with Crippen LogP contribution in [-0.2, 0) is 9.53 Å². The van der Waals surface area contributed by atoms with E-state index in [-0.39, 0.29) is 23.6 Å². The monoisotopic (exact) mass is 235 g/mol. The van der Waals surface area contributed by atoms with Crippen LogP contribution in [0.15, 0.2) is 24.3 Å². The smallest absolute Gasteiger partial charge is 0.310 e. The molecule has 1 aliphatic rings. The lowest BCUT2D eigenvalue weighted by Crippen LogP contribution is -2.24. The molecule has 0 amide bonds. The van der Waals surface area contributed by atoms with Crippen LogP contribution in [0.25, 0.3) is 0 Å². The molecule has 0 spiro atoms. The van der Waals surface area contributed by atoms with Gasteiger partial charge >= 0.3 is 5.97 Å². The van der Waals surface area contributed by atoms with Crippen LogP contribution in [0.3, 0.4) is 0 Å². The topological polar surface area (TPSA) is 58.6 Å². The van der Waals surface area contributed by atoms with Crippen LogP contribution in [0.1, 0.15) is 18.4 Å². The van der Waals surface area contributed by atoms with Gasteiger partial charge in [0.2, 0.25) is 0 Å². The molecule has 1 saturated heterocycles. The Bertz CT molecular complexity index is 405. The molecule has 1 aromatic rings. The summed E-state index contributed by atoms with van der Waals surface area (Å²) < 4.78 is 5.06. The molecule has 0 saturated carbocycles. The van der Waals surface area contributed by atoms with Gasteiger partial charge in [-0.1, -0.05) is 18.2 Å². The first-order chi connectivity index (χ1) is 8.24. The maximum absolute atomic E-state index is 11.8. The lowest BCUT2D eigenvalue weighted by atomic mass is 9.88. The van der Waals surface area contributed by atoms with Gasteiger partial charge in [-0.2, -0.15) is 0 Å². The van der Waals surface area contributed by atoms with Crippen molar-refractivity contribution >= 4 is 5.97 Å². The van der Waals surface area contributed by atoms with Gasteiger partial charge in [-0.25, -0.2) is 0 Å². The number of phenols is 1. The number of benzene rings is 1. The molecule has 2 rings (SSSR count). The van der Waals surface area contributed by atoms with Crippen LogP contribution in [0, 0.1) is 5.92 Å². The molecule has 92 valence electrons. The Morgan fingerprint density at radius 1 is 1.47 bits per heavy atom. The standard InChI is InChI=1S/C13H17NO3/c1-2-17-13(16)11-8-14-7-10(11)9-5-3-4-6-12(9)15/h3-6,10-11,14-15H,2,7-8H2,1H3. The number of phenolic OH excluding ortho intramolecular Hbond substituents is 1. The van der Waals surface area contributed by atoms with E-state index in [0.717, 1.165) is 5.56 Å². The second kappa shape index (κ2) is 5.19. The highest BCUT2D eigenvalue weighted by molar-refractivity contribution is 5.75. The maximum atomic E-state index is 11.8. The highest BCUT2D eigenvalue weighted by Gasteiger charge is 2.36. The number of rotatable bonds is 3. The van der Waals surface area contributed by atoms with E-state index >= 15 is 0 Å². The fourth-order valence-electron chi connectivity index (χ4n) is 2.30. The summed E-state index contributed by atoms with van der Waals surface area (Å²) in [6.45, 7) is 3.50. The SMILES string of the molecule is CCOC(=O)C1CNCC1c1ccccc1O. The Balaban J connectivity index is 2.20. The quantitative estimate of drug-likeness (QED) is 0.774. The lowest BCUT2D eigenvalue weighted by Gasteiger charge is -2.18. The van der Waals surface area contributed by atoms with Crippen molar-refractivity contribution in [1.29, 1.82) is 0 Å². The highest BCUT2D eigenvalue weighted by atomic mass is 16.5. The molecule has 1 heterocycles. The van der Waals surface area contributed by atoms with Gasteiger partial charge in [-0.15, -0.1) is 0 Å². The summed E-state index contributed by atoms with van der Waals surface area (Å²) in [6.07, 6.45) is 0. The summed E-state index contributed by atoms with van der Waals surface area (Å²) in [4.78, 5) is 11.8. The molecule has 0 aliphatic carbocycles. The van der Waals surface area contributed by atoms with Gasteiger partial charge in [0.15, 0.2) is 0 Å². The van der Waals surface area contributed by atoms with Crippen LogP contribution in [0.4, 0.5) is 0 Å². The second-order valence-electron chi connectivity index (χ2n) is 4.18. The zero-order chi connectivity index (χ0) is 12.3. The predicted molar refractivity (Wildman–Crippen MR) is 63.8 cm³/mol. The Morgan fingerprint density at radius 2 is 2.24 bits per heavy atom. The van der Waals surface area contributed by atoms with Crippen molar-refractivity contribution in [2.75, 3.05) is 19.7 Å². The van der Waals surface area contributed by atoms with E-state index in [0.29, 0.717) is 19.7 Å². The third-order valence-electron chi connectivity index (χ3n) is 3.14. The Labute approximate surface area is 101 Å². The Kier molecular flexibility index (Phi) is 3.64. The van der Waals surface area contributed by atoms with Crippen LogP contribution in [0.5, 0.6) is 5.75 Å². The van der Waals surface area contributed by atoms with E-state index in [9.17, 15) is 9.90 Å². The maximum Gasteiger partial charge on any atom is 0.310 e. The Hall–Kier alpha value is -1.55. The van der Waals surface area contributed by atoms with E-state index in [1.54, 1.807) is 19.1 Å². The molecule has 1 fully saturated rings. The summed E-state index contributed by atoms with van der Waals surface area (Å²) >= 11 is 0. The summed E-state index contributed by atoms with van der Waals surface area (Å²) in [7, 11) is 0. The molecule has 0 bridgehead atoms. The fraction of sp³-hybridized carbons (Fsp3) is 0.462. The number of esters is 1. The molecule has 1 aliphatic heterocycles. The molecule has 1 aromatic carbocycles. The minimum Gasteiger partial charge on any atom is -0.508 e. The van der Waals surface area contributed by atoms with E-state index in [1.807, 2.05) is 12.1 Å². The van der Waals surface area contributed by atoms with Crippen LogP contribution in [0.2, 0.25) is 0 Å². The van der Waals surface area contributed by atoms with Crippen molar-refractivity contribution in [1.82, 2.24) is 5.32 Å². The van der Waals surface area contributed by atoms with Crippen molar-refractivity contribution in [3.63, 3.8) is 0 Å². The van der Waals surface area contributed by atoms with Crippen molar-refractivity contribution in [2.45, 2.75) is 12.8 Å². The van der Waals surface area contributed by atoms with E-state index < -0.39 is 0 Å². The average Bonchev–Trinajstić information content (AvgIpc) is 2.79. The van der Waals surface area contributed by atoms with E-state index in [2.05, 4.69) is 5.32 Å². The van der Waals surface area contributed by atoms with Crippen molar-refractivity contribution < 1.29 is 14.6 Å². The number of aromatic hydroxyl groups is 1. The average molecular weight is 235 g/mol. The summed E-state index contributed by atoms with van der Waals surface area (Å²) in [5, 5.41) is 13.0. The molecule has 2 atom stereocenters. The normalized spacial score (nSPS) is 23.6. The predicted octanol–water partition coefficient (Wildman–Crippen LogP) is 1.26. The van der Waals surface area contributed by atoms with Crippen molar-refractivity contribution in [3.8, 4) is 5.75 Å². The number of hydrogen-bond acceptors (Lipinski definition) is 4. The number of carbonyl (C=O) groups is 1. The molecular formula is C13H17NO3. The third-order valence-corrected chi connectivity index (χ3v) is 3.14. The van der Waals surface area contributed by atoms with E-state index in [4.69, 9.17) is 4.74 Å². The second-order valence-corrected chi connectivity index (χ2v) is 4.18. The minimum absolute atomic E-state index is 0.00440. The first-order valence-electron chi connectivity index (χ1n) is 5.89. The van der Waals surface area contributed by atoms with Gasteiger partial charge in [-0.05, 0) is 18.6 Å². The molecule has 17 heavy (non-hydrogen) atoms. The number of para-hydroxylation sites is 1. The zero-order valence-electron chi connectivity index (χ0n) is 9.85. The fourth-order valence-corrected chi connectivity index (χ4v) is 2.30. The zero-order valence-corrected chi connectivity index (χ0v) is 9.85. The summed E-state index contributed by atoms with van der Waals surface area (Å²) in [6, 6.07) is 7.16. The molecule has 2 unspecified atom stereocenters. The van der Waals surface area contributed by atoms with Gasteiger partial charge < -0.3 is 15.2 Å². The van der Waals surface area contributed by atoms with Gasteiger partial charge in [0.25, 0.3) is 0 Å². The van der Waals surface area contributed by atoms with Gasteiger partial charge in [-0.3, -0.25) is 4.79 Å². The van der Waals surface area contributed by atoms with Crippen molar-refractivity contribution in [3.05, 3.63) is 29.8 Å².